The van der Waals surface area contributed by atoms with Gasteiger partial charge in [-0.1, -0.05) is 19.9 Å². The molecular weight excluding hydrogens is 390 g/mol. The molecule has 1 aliphatic heterocycles. The zero-order valence-corrected chi connectivity index (χ0v) is 18.9. The Morgan fingerprint density at radius 3 is 2.26 bits per heavy atom. The van der Waals surface area contributed by atoms with E-state index in [0.717, 1.165) is 37.6 Å². The fourth-order valence-corrected chi connectivity index (χ4v) is 3.63. The van der Waals surface area contributed by atoms with Crippen LogP contribution in [0.1, 0.15) is 44.5 Å². The first kappa shape index (κ1) is 22.7. The maximum Gasteiger partial charge on any atom is 0.255 e. The summed E-state index contributed by atoms with van der Waals surface area (Å²) in [5.41, 5.74) is 2.40. The van der Waals surface area contributed by atoms with E-state index < -0.39 is 0 Å². The molecule has 3 rings (SSSR count). The molecule has 1 saturated heterocycles. The second kappa shape index (κ2) is 10.3. The SMILES string of the molecule is CC(C)CC(=O)N1CCN(c2ccc(NC(=O)c3cccc(OC(C)C)c3)cc2)CC1. The number of benzene rings is 2. The minimum Gasteiger partial charge on any atom is -0.491 e. The highest BCUT2D eigenvalue weighted by atomic mass is 16.5. The van der Waals surface area contributed by atoms with Gasteiger partial charge in [-0.2, -0.15) is 0 Å². The Bertz CT molecular complexity index is 885. The van der Waals surface area contributed by atoms with Gasteiger partial charge in [0.15, 0.2) is 0 Å². The summed E-state index contributed by atoms with van der Waals surface area (Å²) in [7, 11) is 0. The first-order valence-electron chi connectivity index (χ1n) is 11.0. The summed E-state index contributed by atoms with van der Waals surface area (Å²) in [5.74, 6) is 1.15. The maximum absolute atomic E-state index is 12.6. The van der Waals surface area contributed by atoms with E-state index in [0.29, 0.717) is 23.7 Å². The van der Waals surface area contributed by atoms with Crippen molar-refractivity contribution >= 4 is 23.2 Å². The molecule has 1 aliphatic rings. The number of anilines is 2. The number of piperazine rings is 1. The van der Waals surface area contributed by atoms with Crippen LogP contribution >= 0.6 is 0 Å². The van der Waals surface area contributed by atoms with Crippen LogP contribution in [0, 0.1) is 5.92 Å². The number of ether oxygens (including phenoxy) is 1. The molecule has 6 nitrogen and oxygen atoms in total. The van der Waals surface area contributed by atoms with Gasteiger partial charge in [-0.3, -0.25) is 9.59 Å². The maximum atomic E-state index is 12.6. The Balaban J connectivity index is 1.55. The molecule has 31 heavy (non-hydrogen) atoms. The van der Waals surface area contributed by atoms with Gasteiger partial charge in [-0.15, -0.1) is 0 Å². The molecule has 0 aromatic heterocycles. The van der Waals surface area contributed by atoms with E-state index in [1.54, 1.807) is 12.1 Å². The smallest absolute Gasteiger partial charge is 0.255 e. The van der Waals surface area contributed by atoms with Gasteiger partial charge < -0.3 is 19.9 Å². The molecule has 0 bridgehead atoms. The van der Waals surface area contributed by atoms with Crippen LogP contribution in [0.25, 0.3) is 0 Å². The van der Waals surface area contributed by atoms with Gasteiger partial charge in [-0.05, 0) is 62.2 Å². The predicted octanol–water partition coefficient (Wildman–Crippen LogP) is 4.42. The molecule has 0 saturated carbocycles. The third kappa shape index (κ3) is 6.48. The Hall–Kier alpha value is -3.02. The monoisotopic (exact) mass is 423 g/mol. The lowest BCUT2D eigenvalue weighted by molar-refractivity contribution is -0.132. The van der Waals surface area contributed by atoms with Crippen molar-refractivity contribution in [2.24, 2.45) is 5.92 Å². The Labute approximate surface area is 185 Å². The molecule has 1 fully saturated rings. The third-order valence-corrected chi connectivity index (χ3v) is 5.17. The largest absolute Gasteiger partial charge is 0.491 e. The normalized spacial score (nSPS) is 14.1. The van der Waals surface area contributed by atoms with Crippen molar-refractivity contribution in [3.63, 3.8) is 0 Å². The van der Waals surface area contributed by atoms with E-state index in [2.05, 4.69) is 24.1 Å². The van der Waals surface area contributed by atoms with Crippen LogP contribution in [0.15, 0.2) is 48.5 Å². The topological polar surface area (TPSA) is 61.9 Å². The van der Waals surface area contributed by atoms with Crippen molar-refractivity contribution in [1.82, 2.24) is 4.90 Å². The molecule has 6 heteroatoms. The summed E-state index contributed by atoms with van der Waals surface area (Å²) in [6.45, 7) is 11.2. The van der Waals surface area contributed by atoms with Gasteiger partial charge in [0.05, 0.1) is 6.10 Å². The number of carbonyl (C=O) groups excluding carboxylic acids is 2. The van der Waals surface area contributed by atoms with Crippen molar-refractivity contribution in [2.75, 3.05) is 36.4 Å². The van der Waals surface area contributed by atoms with Gasteiger partial charge in [0.2, 0.25) is 5.91 Å². The summed E-state index contributed by atoms with van der Waals surface area (Å²) in [6.07, 6.45) is 0.669. The van der Waals surface area contributed by atoms with Crippen LogP contribution in [0.2, 0.25) is 0 Å². The zero-order chi connectivity index (χ0) is 22.4. The summed E-state index contributed by atoms with van der Waals surface area (Å²) in [4.78, 5) is 29.1. The predicted molar refractivity (Wildman–Crippen MR) is 125 cm³/mol. The van der Waals surface area contributed by atoms with Crippen LogP contribution in [0.3, 0.4) is 0 Å². The molecule has 0 atom stereocenters. The highest BCUT2D eigenvalue weighted by Crippen LogP contribution is 2.21. The van der Waals surface area contributed by atoms with Gasteiger partial charge in [0, 0.05) is 49.5 Å². The Morgan fingerprint density at radius 2 is 1.65 bits per heavy atom. The first-order chi connectivity index (χ1) is 14.8. The second-order valence-corrected chi connectivity index (χ2v) is 8.66. The van der Waals surface area contributed by atoms with Crippen LogP contribution in [0.4, 0.5) is 11.4 Å². The average Bonchev–Trinajstić information content (AvgIpc) is 2.73. The number of rotatable bonds is 7. The van der Waals surface area contributed by atoms with E-state index >= 15 is 0 Å². The molecule has 166 valence electrons. The van der Waals surface area contributed by atoms with Gasteiger partial charge in [0.25, 0.3) is 5.91 Å². The van der Waals surface area contributed by atoms with Crippen molar-refractivity contribution in [1.29, 1.82) is 0 Å². The number of nitrogens with zero attached hydrogens (tertiary/aromatic N) is 2. The lowest BCUT2D eigenvalue weighted by Gasteiger charge is -2.36. The Kier molecular flexibility index (Phi) is 7.55. The van der Waals surface area contributed by atoms with E-state index in [1.165, 1.54) is 0 Å². The molecular formula is C25H33N3O3. The van der Waals surface area contributed by atoms with E-state index in [1.807, 2.05) is 55.1 Å². The number of carbonyl (C=O) groups is 2. The minimum absolute atomic E-state index is 0.0565. The standard InChI is InChI=1S/C25H33N3O3/c1-18(2)16-24(29)28-14-12-27(13-15-28)22-10-8-21(9-11-22)26-25(30)20-6-5-7-23(17-20)31-19(3)4/h5-11,17-19H,12-16H2,1-4H3,(H,26,30). The van der Waals surface area contributed by atoms with Crippen molar-refractivity contribution in [3.8, 4) is 5.75 Å². The van der Waals surface area contributed by atoms with Crippen molar-refractivity contribution in [2.45, 2.75) is 40.2 Å². The van der Waals surface area contributed by atoms with Gasteiger partial charge in [-0.25, -0.2) is 0 Å². The highest BCUT2D eigenvalue weighted by molar-refractivity contribution is 6.04. The minimum atomic E-state index is -0.167. The molecule has 0 unspecified atom stereocenters. The van der Waals surface area contributed by atoms with Crippen LogP contribution < -0.4 is 15.0 Å². The number of nitrogens with one attached hydrogen (secondary N) is 1. The van der Waals surface area contributed by atoms with Gasteiger partial charge >= 0.3 is 0 Å². The van der Waals surface area contributed by atoms with Crippen LogP contribution in [-0.4, -0.2) is 49.0 Å². The van der Waals surface area contributed by atoms with Crippen LogP contribution in [-0.2, 0) is 4.79 Å². The number of amides is 2. The third-order valence-electron chi connectivity index (χ3n) is 5.17. The van der Waals surface area contributed by atoms with Crippen molar-refractivity contribution in [3.05, 3.63) is 54.1 Å². The molecule has 2 amide bonds. The van der Waals surface area contributed by atoms with Crippen LogP contribution in [0.5, 0.6) is 5.75 Å². The number of hydrogen-bond acceptors (Lipinski definition) is 4. The van der Waals surface area contributed by atoms with E-state index in [4.69, 9.17) is 4.74 Å². The average molecular weight is 424 g/mol. The molecule has 0 spiro atoms. The highest BCUT2D eigenvalue weighted by Gasteiger charge is 2.21. The summed E-state index contributed by atoms with van der Waals surface area (Å²) >= 11 is 0. The number of hydrogen-bond donors (Lipinski definition) is 1. The van der Waals surface area contributed by atoms with E-state index in [-0.39, 0.29) is 17.9 Å². The fraction of sp³-hybridized carbons (Fsp3) is 0.440. The van der Waals surface area contributed by atoms with Crippen molar-refractivity contribution < 1.29 is 14.3 Å². The quantitative estimate of drug-likeness (QED) is 0.716. The molecule has 1 heterocycles. The first-order valence-corrected chi connectivity index (χ1v) is 11.0. The van der Waals surface area contributed by atoms with Gasteiger partial charge in [0.1, 0.15) is 5.75 Å². The summed E-state index contributed by atoms with van der Waals surface area (Å²) in [6, 6.07) is 15.1. The molecule has 1 N–H and O–H groups in total. The summed E-state index contributed by atoms with van der Waals surface area (Å²) < 4.78 is 5.67. The lowest BCUT2D eigenvalue weighted by atomic mass is 10.1. The lowest BCUT2D eigenvalue weighted by Crippen LogP contribution is -2.49. The van der Waals surface area contributed by atoms with E-state index in [9.17, 15) is 9.59 Å². The molecule has 0 radical (unpaired) electrons. The summed E-state index contributed by atoms with van der Waals surface area (Å²) in [5, 5.41) is 2.94. The zero-order valence-electron chi connectivity index (χ0n) is 18.9. The fourth-order valence-electron chi connectivity index (χ4n) is 3.63. The molecule has 2 aromatic carbocycles. The Morgan fingerprint density at radius 1 is 0.968 bits per heavy atom. The molecule has 2 aromatic rings. The molecule has 0 aliphatic carbocycles. The second-order valence-electron chi connectivity index (χ2n) is 8.66.